The third-order valence-electron chi connectivity index (χ3n) is 1.93. The second-order valence-corrected chi connectivity index (χ2v) is 3.38. The Morgan fingerprint density at radius 3 is 3.27 bits per heavy atom. The Hall–Kier alpha value is -1.56. The molecule has 6 nitrogen and oxygen atoms in total. The summed E-state index contributed by atoms with van der Waals surface area (Å²) in [6, 6.07) is 1.70. The highest BCUT2D eigenvalue weighted by atomic mass is 35.5. The number of H-pyrrole nitrogens is 1. The molecular formula is C8H10ClN5O. The van der Waals surface area contributed by atoms with Gasteiger partial charge in [-0.05, 0) is 6.42 Å². The van der Waals surface area contributed by atoms with E-state index in [1.54, 1.807) is 6.07 Å². The lowest BCUT2D eigenvalue weighted by molar-refractivity contribution is 0.959. The van der Waals surface area contributed by atoms with Gasteiger partial charge < -0.3 is 5.32 Å². The van der Waals surface area contributed by atoms with Crippen LogP contribution in [0.2, 0.25) is 0 Å². The van der Waals surface area contributed by atoms with Gasteiger partial charge in [0.15, 0.2) is 5.65 Å². The Bertz CT molecular complexity index is 505. The predicted octanol–water partition coefficient (Wildman–Crippen LogP) is 0.458. The van der Waals surface area contributed by atoms with Crippen molar-refractivity contribution in [3.8, 4) is 0 Å². The van der Waals surface area contributed by atoms with Crippen molar-refractivity contribution in [2.45, 2.75) is 6.42 Å². The van der Waals surface area contributed by atoms with Crippen molar-refractivity contribution in [2.75, 3.05) is 17.7 Å². The Morgan fingerprint density at radius 2 is 2.47 bits per heavy atom. The van der Waals surface area contributed by atoms with Gasteiger partial charge in [0.25, 0.3) is 0 Å². The molecule has 0 radical (unpaired) electrons. The number of nitrogens with zero attached hydrogens (tertiary/aromatic N) is 3. The van der Waals surface area contributed by atoms with Crippen molar-refractivity contribution >= 4 is 23.1 Å². The molecule has 0 saturated heterocycles. The van der Waals surface area contributed by atoms with Crippen molar-refractivity contribution in [3.63, 3.8) is 0 Å². The van der Waals surface area contributed by atoms with Crippen LogP contribution < -0.4 is 11.0 Å². The van der Waals surface area contributed by atoms with Crippen LogP contribution in [0.25, 0.3) is 5.65 Å². The average molecular weight is 228 g/mol. The molecule has 2 rings (SSSR count). The third-order valence-corrected chi connectivity index (χ3v) is 2.19. The first-order valence-corrected chi connectivity index (χ1v) is 5.07. The summed E-state index contributed by atoms with van der Waals surface area (Å²) >= 11 is 5.54. The van der Waals surface area contributed by atoms with E-state index in [1.807, 2.05) is 0 Å². The van der Waals surface area contributed by atoms with Gasteiger partial charge in [-0.1, -0.05) is 0 Å². The molecule has 0 unspecified atom stereocenters. The summed E-state index contributed by atoms with van der Waals surface area (Å²) in [5, 5.41) is 9.25. The first-order chi connectivity index (χ1) is 7.31. The van der Waals surface area contributed by atoms with Crippen LogP contribution in [0.3, 0.4) is 0 Å². The minimum Gasteiger partial charge on any atom is -0.370 e. The fraction of sp³-hybridized carbons (Fsp3) is 0.375. The lowest BCUT2D eigenvalue weighted by atomic mass is 10.4. The van der Waals surface area contributed by atoms with E-state index >= 15 is 0 Å². The SMILES string of the molecule is O=c1[nH]nc2cc(NCCCCl)ncn12. The molecule has 2 heterocycles. The van der Waals surface area contributed by atoms with Gasteiger partial charge in [-0.2, -0.15) is 5.10 Å². The minimum absolute atomic E-state index is 0.287. The molecule has 0 aliphatic carbocycles. The molecule has 0 aliphatic heterocycles. The number of alkyl halides is 1. The van der Waals surface area contributed by atoms with E-state index in [2.05, 4.69) is 20.5 Å². The van der Waals surface area contributed by atoms with Crippen LogP contribution in [-0.2, 0) is 0 Å². The minimum atomic E-state index is -0.287. The number of aromatic amines is 1. The lowest BCUT2D eigenvalue weighted by Gasteiger charge is -2.02. The maximum absolute atomic E-state index is 11.1. The summed E-state index contributed by atoms with van der Waals surface area (Å²) in [5.74, 6) is 1.29. The van der Waals surface area contributed by atoms with Crippen LogP contribution in [0.1, 0.15) is 6.42 Å². The van der Waals surface area contributed by atoms with Crippen molar-refractivity contribution in [2.24, 2.45) is 0 Å². The van der Waals surface area contributed by atoms with Gasteiger partial charge in [0.1, 0.15) is 12.1 Å². The molecule has 15 heavy (non-hydrogen) atoms. The zero-order valence-corrected chi connectivity index (χ0v) is 8.66. The maximum Gasteiger partial charge on any atom is 0.348 e. The number of fused-ring (bicyclic) bond motifs is 1. The van der Waals surface area contributed by atoms with Crippen molar-refractivity contribution in [1.29, 1.82) is 0 Å². The van der Waals surface area contributed by atoms with E-state index in [0.717, 1.165) is 13.0 Å². The maximum atomic E-state index is 11.1. The molecule has 0 fully saturated rings. The highest BCUT2D eigenvalue weighted by Gasteiger charge is 2.01. The highest BCUT2D eigenvalue weighted by Crippen LogP contribution is 2.03. The van der Waals surface area contributed by atoms with Crippen molar-refractivity contribution in [3.05, 3.63) is 22.9 Å². The Labute approximate surface area is 90.3 Å². The van der Waals surface area contributed by atoms with Gasteiger partial charge in [0.05, 0.1) is 0 Å². The number of hydrogen-bond acceptors (Lipinski definition) is 4. The molecule has 7 heteroatoms. The van der Waals surface area contributed by atoms with Gasteiger partial charge in [-0.15, -0.1) is 11.6 Å². The second-order valence-electron chi connectivity index (χ2n) is 3.00. The van der Waals surface area contributed by atoms with Crippen LogP contribution in [0.4, 0.5) is 5.82 Å². The van der Waals surface area contributed by atoms with Gasteiger partial charge in [0.2, 0.25) is 0 Å². The Morgan fingerprint density at radius 1 is 1.60 bits per heavy atom. The number of aromatic nitrogens is 4. The molecule has 0 atom stereocenters. The zero-order chi connectivity index (χ0) is 10.7. The Kier molecular flexibility index (Phi) is 2.86. The fourth-order valence-corrected chi connectivity index (χ4v) is 1.32. The van der Waals surface area contributed by atoms with Gasteiger partial charge >= 0.3 is 5.69 Å². The van der Waals surface area contributed by atoms with Crippen molar-refractivity contribution in [1.82, 2.24) is 19.6 Å². The molecule has 0 saturated carbocycles. The van der Waals surface area contributed by atoms with E-state index in [-0.39, 0.29) is 5.69 Å². The normalized spacial score (nSPS) is 10.7. The van der Waals surface area contributed by atoms with Gasteiger partial charge in [-0.3, -0.25) is 0 Å². The number of halogens is 1. The molecule has 0 aliphatic rings. The van der Waals surface area contributed by atoms with Crippen LogP contribution in [-0.4, -0.2) is 32.0 Å². The van der Waals surface area contributed by atoms with E-state index in [0.29, 0.717) is 17.3 Å². The summed E-state index contributed by atoms with van der Waals surface area (Å²) < 4.78 is 1.34. The smallest absolute Gasteiger partial charge is 0.348 e. The summed E-state index contributed by atoms with van der Waals surface area (Å²) in [4.78, 5) is 15.2. The summed E-state index contributed by atoms with van der Waals surface area (Å²) in [6.45, 7) is 0.751. The van der Waals surface area contributed by atoms with Gasteiger partial charge in [0, 0.05) is 18.5 Å². The molecule has 0 spiro atoms. The highest BCUT2D eigenvalue weighted by molar-refractivity contribution is 6.17. The summed E-state index contributed by atoms with van der Waals surface area (Å²) in [5.41, 5.74) is 0.258. The fourth-order valence-electron chi connectivity index (χ4n) is 1.19. The zero-order valence-electron chi connectivity index (χ0n) is 7.90. The first kappa shape index (κ1) is 9.97. The van der Waals surface area contributed by atoms with Gasteiger partial charge in [-0.25, -0.2) is 19.3 Å². The number of rotatable bonds is 4. The van der Waals surface area contributed by atoms with Crippen LogP contribution in [0.15, 0.2) is 17.2 Å². The van der Waals surface area contributed by atoms with Crippen LogP contribution >= 0.6 is 11.6 Å². The largest absolute Gasteiger partial charge is 0.370 e. The first-order valence-electron chi connectivity index (χ1n) is 4.54. The monoisotopic (exact) mass is 227 g/mol. The molecule has 0 amide bonds. The molecule has 0 aromatic carbocycles. The van der Waals surface area contributed by atoms with E-state index in [9.17, 15) is 4.79 Å². The molecule has 0 bridgehead atoms. The second kappa shape index (κ2) is 4.31. The topological polar surface area (TPSA) is 75.1 Å². The molecule has 2 aromatic rings. The summed E-state index contributed by atoms with van der Waals surface area (Å²) in [7, 11) is 0. The predicted molar refractivity (Wildman–Crippen MR) is 57.4 cm³/mol. The number of anilines is 1. The molecular weight excluding hydrogens is 218 g/mol. The Balaban J connectivity index is 2.20. The van der Waals surface area contributed by atoms with E-state index in [4.69, 9.17) is 11.6 Å². The summed E-state index contributed by atoms with van der Waals surface area (Å²) in [6.07, 6.45) is 2.30. The van der Waals surface area contributed by atoms with E-state index in [1.165, 1.54) is 10.7 Å². The van der Waals surface area contributed by atoms with E-state index < -0.39 is 0 Å². The lowest BCUT2D eigenvalue weighted by Crippen LogP contribution is -2.10. The number of nitrogens with one attached hydrogen (secondary N) is 2. The number of hydrogen-bond donors (Lipinski definition) is 2. The molecule has 80 valence electrons. The molecule has 2 N–H and O–H groups in total. The van der Waals surface area contributed by atoms with Crippen LogP contribution in [0, 0.1) is 0 Å². The van der Waals surface area contributed by atoms with Crippen LogP contribution in [0.5, 0.6) is 0 Å². The third kappa shape index (κ3) is 2.10. The quantitative estimate of drug-likeness (QED) is 0.588. The average Bonchev–Trinajstić information content (AvgIpc) is 2.61. The molecule has 2 aromatic heterocycles. The standard InChI is InChI=1S/C8H10ClN5O/c9-2-1-3-10-6-4-7-12-13-8(15)14(7)5-11-6/h4-5,10H,1-3H2,(H,13,15). The van der Waals surface area contributed by atoms with Crippen molar-refractivity contribution < 1.29 is 0 Å².